The number of halogens is 1. The summed E-state index contributed by atoms with van der Waals surface area (Å²) in [5.41, 5.74) is 3.17. The fourth-order valence-electron chi connectivity index (χ4n) is 3.31. The second-order valence-corrected chi connectivity index (χ2v) is 7.56. The SMILES string of the molecule is O=C(Nc1ccc(F)cc1)Nc1ccc(-c2nc(NC(=O)C3CC3)nc3[nH]ccc23)cc1. The van der Waals surface area contributed by atoms with E-state index in [0.717, 1.165) is 23.8 Å². The van der Waals surface area contributed by atoms with E-state index in [2.05, 4.69) is 30.9 Å². The monoisotopic (exact) mass is 430 g/mol. The van der Waals surface area contributed by atoms with E-state index in [1.807, 2.05) is 18.2 Å². The van der Waals surface area contributed by atoms with E-state index in [-0.39, 0.29) is 23.6 Å². The minimum atomic E-state index is -0.440. The van der Waals surface area contributed by atoms with E-state index >= 15 is 0 Å². The van der Waals surface area contributed by atoms with E-state index < -0.39 is 6.03 Å². The number of benzene rings is 2. The second-order valence-electron chi connectivity index (χ2n) is 7.56. The summed E-state index contributed by atoms with van der Waals surface area (Å²) in [5.74, 6) is -0.128. The number of nitrogens with zero attached hydrogens (tertiary/aromatic N) is 2. The number of H-pyrrole nitrogens is 1. The maximum atomic E-state index is 13.0. The quantitative estimate of drug-likeness (QED) is 0.366. The molecule has 2 heterocycles. The number of carbonyl (C=O) groups excluding carboxylic acids is 2. The first-order chi connectivity index (χ1) is 15.5. The molecular weight excluding hydrogens is 411 g/mol. The summed E-state index contributed by atoms with van der Waals surface area (Å²) < 4.78 is 13.0. The normalized spacial score (nSPS) is 13.0. The van der Waals surface area contributed by atoms with Crippen LogP contribution in [0.4, 0.5) is 26.5 Å². The number of urea groups is 1. The standard InChI is InChI=1S/C23H19FN6O2/c24-15-5-9-17(10-6-15)27-23(32)26-16-7-3-13(4-8-16)19-18-11-12-25-20(18)29-22(28-19)30-21(31)14-1-2-14/h3-12,14H,1-2H2,(H2,26,27,32)(H2,25,28,29,30,31). The Bertz CT molecular complexity index is 1300. The Morgan fingerprint density at radius 2 is 1.53 bits per heavy atom. The Morgan fingerprint density at radius 3 is 2.19 bits per heavy atom. The average molecular weight is 430 g/mol. The van der Waals surface area contributed by atoms with Crippen LogP contribution in [0.15, 0.2) is 60.8 Å². The summed E-state index contributed by atoms with van der Waals surface area (Å²) in [6, 6.07) is 14.1. The highest BCUT2D eigenvalue weighted by molar-refractivity contribution is 6.00. The zero-order valence-electron chi connectivity index (χ0n) is 16.9. The van der Waals surface area contributed by atoms with E-state index in [1.165, 1.54) is 24.3 Å². The lowest BCUT2D eigenvalue weighted by Crippen LogP contribution is -2.19. The average Bonchev–Trinajstić information content (AvgIpc) is 3.53. The number of hydrogen-bond donors (Lipinski definition) is 4. The molecule has 9 heteroatoms. The van der Waals surface area contributed by atoms with Gasteiger partial charge in [0.15, 0.2) is 0 Å². The number of carbonyl (C=O) groups is 2. The molecule has 0 unspecified atom stereocenters. The Kier molecular flexibility index (Phi) is 4.98. The summed E-state index contributed by atoms with van der Waals surface area (Å²) in [4.78, 5) is 36.3. The van der Waals surface area contributed by atoms with Gasteiger partial charge in [0.25, 0.3) is 0 Å². The lowest BCUT2D eigenvalue weighted by atomic mass is 10.1. The summed E-state index contributed by atoms with van der Waals surface area (Å²) in [6.07, 6.45) is 3.56. The van der Waals surface area contributed by atoms with Crippen LogP contribution in [0.2, 0.25) is 0 Å². The number of nitrogens with one attached hydrogen (secondary N) is 4. The van der Waals surface area contributed by atoms with E-state index in [1.54, 1.807) is 18.3 Å². The van der Waals surface area contributed by atoms with E-state index in [4.69, 9.17) is 0 Å². The van der Waals surface area contributed by atoms with Gasteiger partial charge in [-0.15, -0.1) is 0 Å². The number of anilines is 3. The Labute approximate surface area is 182 Å². The van der Waals surface area contributed by atoms with Crippen molar-refractivity contribution < 1.29 is 14.0 Å². The third-order valence-electron chi connectivity index (χ3n) is 5.12. The van der Waals surface area contributed by atoms with Gasteiger partial charge in [0.1, 0.15) is 11.5 Å². The Hall–Kier alpha value is -4.27. The summed E-state index contributed by atoms with van der Waals surface area (Å²) >= 11 is 0. The molecule has 1 aliphatic rings. The van der Waals surface area contributed by atoms with Gasteiger partial charge in [-0.25, -0.2) is 14.2 Å². The molecule has 0 bridgehead atoms. The Balaban J connectivity index is 1.34. The molecule has 160 valence electrons. The lowest BCUT2D eigenvalue weighted by molar-refractivity contribution is -0.117. The van der Waals surface area contributed by atoms with Crippen molar-refractivity contribution in [3.8, 4) is 11.3 Å². The summed E-state index contributed by atoms with van der Waals surface area (Å²) in [5, 5.41) is 8.99. The molecule has 4 N–H and O–H groups in total. The van der Waals surface area contributed by atoms with Crippen LogP contribution in [0, 0.1) is 11.7 Å². The molecule has 0 saturated heterocycles. The molecular formula is C23H19FN6O2. The molecule has 4 aromatic rings. The lowest BCUT2D eigenvalue weighted by Gasteiger charge is -2.10. The highest BCUT2D eigenvalue weighted by Crippen LogP contribution is 2.31. The number of aromatic amines is 1. The van der Waals surface area contributed by atoms with Crippen molar-refractivity contribution in [1.29, 1.82) is 0 Å². The Morgan fingerprint density at radius 1 is 0.875 bits per heavy atom. The number of rotatable bonds is 5. The largest absolute Gasteiger partial charge is 0.346 e. The number of fused-ring (bicyclic) bond motifs is 1. The van der Waals surface area contributed by atoms with Gasteiger partial charge in [-0.2, -0.15) is 4.98 Å². The molecule has 0 aliphatic heterocycles. The molecule has 1 aliphatic carbocycles. The zero-order chi connectivity index (χ0) is 22.1. The fourth-order valence-corrected chi connectivity index (χ4v) is 3.31. The molecule has 3 amide bonds. The molecule has 0 atom stereocenters. The van der Waals surface area contributed by atoms with Crippen LogP contribution in [-0.4, -0.2) is 26.9 Å². The van der Waals surface area contributed by atoms with Gasteiger partial charge in [0, 0.05) is 34.4 Å². The number of aromatic nitrogens is 3. The molecule has 32 heavy (non-hydrogen) atoms. The molecule has 5 rings (SSSR count). The van der Waals surface area contributed by atoms with Crippen molar-refractivity contribution in [3.63, 3.8) is 0 Å². The topological polar surface area (TPSA) is 112 Å². The van der Waals surface area contributed by atoms with Gasteiger partial charge in [-0.1, -0.05) is 12.1 Å². The van der Waals surface area contributed by atoms with Crippen molar-refractivity contribution in [3.05, 3.63) is 66.6 Å². The fraction of sp³-hybridized carbons (Fsp3) is 0.130. The van der Waals surface area contributed by atoms with Crippen LogP contribution in [0.1, 0.15) is 12.8 Å². The maximum Gasteiger partial charge on any atom is 0.323 e. The molecule has 8 nitrogen and oxygen atoms in total. The first-order valence-corrected chi connectivity index (χ1v) is 10.2. The van der Waals surface area contributed by atoms with Crippen LogP contribution in [-0.2, 0) is 4.79 Å². The maximum absolute atomic E-state index is 13.0. The van der Waals surface area contributed by atoms with Crippen molar-refractivity contribution >= 4 is 40.3 Å². The van der Waals surface area contributed by atoms with Crippen LogP contribution < -0.4 is 16.0 Å². The third-order valence-corrected chi connectivity index (χ3v) is 5.12. The predicted octanol–water partition coefficient (Wildman–Crippen LogP) is 4.76. The minimum absolute atomic E-state index is 0.0489. The number of amides is 3. The van der Waals surface area contributed by atoms with Crippen LogP contribution in [0.25, 0.3) is 22.3 Å². The zero-order valence-corrected chi connectivity index (χ0v) is 16.9. The summed E-state index contributed by atoms with van der Waals surface area (Å²) in [7, 11) is 0. The van der Waals surface area contributed by atoms with Crippen molar-refractivity contribution in [2.24, 2.45) is 5.92 Å². The van der Waals surface area contributed by atoms with Gasteiger partial charge >= 0.3 is 6.03 Å². The second kappa shape index (κ2) is 8.10. The predicted molar refractivity (Wildman–Crippen MR) is 120 cm³/mol. The van der Waals surface area contributed by atoms with Crippen molar-refractivity contribution in [2.75, 3.05) is 16.0 Å². The van der Waals surface area contributed by atoms with Gasteiger partial charge < -0.3 is 15.6 Å². The van der Waals surface area contributed by atoms with Gasteiger partial charge in [0.2, 0.25) is 11.9 Å². The van der Waals surface area contributed by atoms with Crippen molar-refractivity contribution in [1.82, 2.24) is 15.0 Å². The number of hydrogen-bond acceptors (Lipinski definition) is 4. The first kappa shape index (κ1) is 19.7. The molecule has 1 saturated carbocycles. The highest BCUT2D eigenvalue weighted by Gasteiger charge is 2.30. The van der Waals surface area contributed by atoms with E-state index in [9.17, 15) is 14.0 Å². The van der Waals surface area contributed by atoms with Gasteiger partial charge in [-0.05, 0) is 55.3 Å². The molecule has 2 aromatic carbocycles. The molecule has 2 aromatic heterocycles. The van der Waals surface area contributed by atoms with Crippen LogP contribution in [0.3, 0.4) is 0 Å². The molecule has 0 spiro atoms. The molecule has 1 fully saturated rings. The third kappa shape index (κ3) is 4.27. The minimum Gasteiger partial charge on any atom is -0.346 e. The van der Waals surface area contributed by atoms with Gasteiger partial charge in [0.05, 0.1) is 5.69 Å². The van der Waals surface area contributed by atoms with Crippen LogP contribution >= 0.6 is 0 Å². The smallest absolute Gasteiger partial charge is 0.323 e. The van der Waals surface area contributed by atoms with Crippen molar-refractivity contribution in [2.45, 2.75) is 12.8 Å². The molecule has 0 radical (unpaired) electrons. The highest BCUT2D eigenvalue weighted by atomic mass is 19.1. The van der Waals surface area contributed by atoms with Gasteiger partial charge in [-0.3, -0.25) is 10.1 Å². The van der Waals surface area contributed by atoms with E-state index in [0.29, 0.717) is 22.7 Å². The van der Waals surface area contributed by atoms with Crippen LogP contribution in [0.5, 0.6) is 0 Å². The summed E-state index contributed by atoms with van der Waals surface area (Å²) in [6.45, 7) is 0. The first-order valence-electron chi connectivity index (χ1n) is 10.2.